The van der Waals surface area contributed by atoms with Gasteiger partial charge in [-0.25, -0.2) is 0 Å². The van der Waals surface area contributed by atoms with Crippen LogP contribution in [0.3, 0.4) is 0 Å². The van der Waals surface area contributed by atoms with Gasteiger partial charge >= 0.3 is 0 Å². The van der Waals surface area contributed by atoms with Crippen LogP contribution in [0, 0.1) is 0 Å². The highest BCUT2D eigenvalue weighted by Crippen LogP contribution is 2.26. The predicted octanol–water partition coefficient (Wildman–Crippen LogP) is -4.43. The van der Waals surface area contributed by atoms with Crippen molar-refractivity contribution in [3.63, 3.8) is 0 Å². The third kappa shape index (κ3) is 2.78. The maximum atomic E-state index is 11.3. The Morgan fingerprint density at radius 3 is 2.50 bits per heavy atom. The van der Waals surface area contributed by atoms with Gasteiger partial charge in [-0.2, -0.15) is 0 Å². The molecule has 0 radical (unpaired) electrons. The number of hydrogen-bond acceptors (Lipinski definition) is 8. The van der Waals surface area contributed by atoms with Gasteiger partial charge in [0, 0.05) is 13.0 Å². The molecule has 5 atom stereocenters. The SMILES string of the molecule is NCCC(=O)N[C@]1(O)C(O)O[C@H](CO)[C@@H](O)[C@@H]1O. The van der Waals surface area contributed by atoms with Crippen LogP contribution in [-0.4, -0.2) is 74.9 Å². The van der Waals surface area contributed by atoms with Gasteiger partial charge in [0.25, 0.3) is 0 Å². The largest absolute Gasteiger partial charge is 0.394 e. The summed E-state index contributed by atoms with van der Waals surface area (Å²) < 4.78 is 4.71. The van der Waals surface area contributed by atoms with Gasteiger partial charge in [0.15, 0.2) is 0 Å². The van der Waals surface area contributed by atoms with Crippen molar-refractivity contribution >= 4 is 5.91 Å². The minimum Gasteiger partial charge on any atom is -0.394 e. The molecule has 106 valence electrons. The Morgan fingerprint density at radius 2 is 2.00 bits per heavy atom. The molecule has 0 saturated carbocycles. The number of nitrogens with one attached hydrogen (secondary N) is 1. The molecule has 0 aliphatic carbocycles. The second kappa shape index (κ2) is 5.89. The number of nitrogens with two attached hydrogens (primary N) is 1. The van der Waals surface area contributed by atoms with Gasteiger partial charge in [-0.3, -0.25) is 4.79 Å². The van der Waals surface area contributed by atoms with Crippen LogP contribution in [-0.2, 0) is 9.53 Å². The van der Waals surface area contributed by atoms with E-state index in [1.807, 2.05) is 5.32 Å². The summed E-state index contributed by atoms with van der Waals surface area (Å²) in [6.45, 7) is -0.654. The summed E-state index contributed by atoms with van der Waals surface area (Å²) in [5.41, 5.74) is 2.58. The summed E-state index contributed by atoms with van der Waals surface area (Å²) >= 11 is 0. The van der Waals surface area contributed by atoms with Crippen LogP contribution in [0.5, 0.6) is 0 Å². The van der Waals surface area contributed by atoms with Crippen LogP contribution in [0.4, 0.5) is 0 Å². The minimum absolute atomic E-state index is 0.0107. The minimum atomic E-state index is -2.56. The standard InChI is InChI=1S/C9H18N2O7/c10-2-1-5(13)11-9(17)7(15)6(14)4(3-12)18-8(9)16/h4,6-8,12,14-17H,1-3,10H2,(H,11,13)/t4-,6-,7+,8?,9-/m1/s1. The fourth-order valence-electron chi connectivity index (χ4n) is 1.66. The molecule has 1 amide bonds. The molecule has 0 bridgehead atoms. The van der Waals surface area contributed by atoms with Gasteiger partial charge in [0.1, 0.15) is 18.3 Å². The lowest BCUT2D eigenvalue weighted by Crippen LogP contribution is -2.73. The molecular weight excluding hydrogens is 248 g/mol. The molecule has 0 spiro atoms. The molecule has 1 unspecified atom stereocenters. The van der Waals surface area contributed by atoms with E-state index >= 15 is 0 Å². The molecular formula is C9H18N2O7. The summed E-state index contributed by atoms with van der Waals surface area (Å²) in [6, 6.07) is 0. The molecule has 1 heterocycles. The van der Waals surface area contributed by atoms with Crippen molar-refractivity contribution < 1.29 is 35.1 Å². The van der Waals surface area contributed by atoms with E-state index in [0.717, 1.165) is 0 Å². The molecule has 1 aliphatic heterocycles. The van der Waals surface area contributed by atoms with Crippen molar-refractivity contribution in [2.45, 2.75) is 36.7 Å². The first-order valence-corrected chi connectivity index (χ1v) is 5.40. The molecule has 9 nitrogen and oxygen atoms in total. The second-order valence-electron chi connectivity index (χ2n) is 4.06. The molecule has 1 rings (SSSR count). The normalized spacial score (nSPS) is 40.6. The highest BCUT2D eigenvalue weighted by molar-refractivity contribution is 5.76. The van der Waals surface area contributed by atoms with Crippen LogP contribution in [0.25, 0.3) is 0 Å². The van der Waals surface area contributed by atoms with Crippen molar-refractivity contribution in [3.05, 3.63) is 0 Å². The van der Waals surface area contributed by atoms with Gasteiger partial charge in [-0.1, -0.05) is 0 Å². The Labute approximate surface area is 103 Å². The first-order chi connectivity index (χ1) is 8.36. The van der Waals surface area contributed by atoms with E-state index in [9.17, 15) is 25.2 Å². The summed E-state index contributed by atoms with van der Waals surface area (Å²) in [5.74, 6) is -0.726. The summed E-state index contributed by atoms with van der Waals surface area (Å²) in [5, 5.41) is 49.5. The lowest BCUT2D eigenvalue weighted by Gasteiger charge is -2.45. The highest BCUT2D eigenvalue weighted by atomic mass is 16.6. The number of rotatable bonds is 4. The number of carbonyl (C=O) groups excluding carboxylic acids is 1. The summed E-state index contributed by atoms with van der Waals surface area (Å²) in [4.78, 5) is 11.3. The highest BCUT2D eigenvalue weighted by Gasteiger charge is 2.55. The first-order valence-electron chi connectivity index (χ1n) is 5.40. The van der Waals surface area contributed by atoms with Crippen LogP contribution in [0.1, 0.15) is 6.42 Å². The lowest BCUT2D eigenvalue weighted by atomic mass is 9.93. The molecule has 9 heteroatoms. The second-order valence-corrected chi connectivity index (χ2v) is 4.06. The number of aliphatic hydroxyl groups excluding tert-OH is 4. The molecule has 1 aliphatic rings. The molecule has 1 fully saturated rings. The van der Waals surface area contributed by atoms with Crippen molar-refractivity contribution in [2.75, 3.05) is 13.2 Å². The Morgan fingerprint density at radius 1 is 1.39 bits per heavy atom. The summed E-state index contributed by atoms with van der Waals surface area (Å²) in [6.07, 6.45) is -6.97. The molecule has 0 aromatic carbocycles. The number of ether oxygens (including phenoxy) is 1. The Balaban J connectivity index is 2.82. The van der Waals surface area contributed by atoms with E-state index in [1.165, 1.54) is 0 Å². The van der Waals surface area contributed by atoms with Gasteiger partial charge in [-0.05, 0) is 0 Å². The molecule has 18 heavy (non-hydrogen) atoms. The quantitative estimate of drug-likeness (QED) is 0.250. The van der Waals surface area contributed by atoms with Crippen LogP contribution < -0.4 is 11.1 Å². The van der Waals surface area contributed by atoms with Crippen molar-refractivity contribution in [2.24, 2.45) is 5.73 Å². The van der Waals surface area contributed by atoms with Crippen molar-refractivity contribution in [1.82, 2.24) is 5.32 Å². The van der Waals surface area contributed by atoms with E-state index in [4.69, 9.17) is 15.6 Å². The zero-order valence-corrected chi connectivity index (χ0v) is 9.56. The fourth-order valence-corrected chi connectivity index (χ4v) is 1.66. The fraction of sp³-hybridized carbons (Fsp3) is 0.889. The molecule has 0 aromatic heterocycles. The van der Waals surface area contributed by atoms with Gasteiger partial charge in [0.2, 0.25) is 17.9 Å². The van der Waals surface area contributed by atoms with Gasteiger partial charge < -0.3 is 41.3 Å². The molecule has 8 N–H and O–H groups in total. The molecule has 1 saturated heterocycles. The van der Waals surface area contributed by atoms with Crippen LogP contribution in [0.15, 0.2) is 0 Å². The van der Waals surface area contributed by atoms with E-state index in [-0.39, 0.29) is 13.0 Å². The monoisotopic (exact) mass is 266 g/mol. The van der Waals surface area contributed by atoms with Crippen LogP contribution >= 0.6 is 0 Å². The van der Waals surface area contributed by atoms with Crippen LogP contribution in [0.2, 0.25) is 0 Å². The lowest BCUT2D eigenvalue weighted by molar-refractivity contribution is -0.336. The number of aliphatic hydroxyl groups is 5. The maximum absolute atomic E-state index is 11.3. The third-order valence-electron chi connectivity index (χ3n) is 2.73. The predicted molar refractivity (Wildman–Crippen MR) is 56.7 cm³/mol. The topological polar surface area (TPSA) is 166 Å². The third-order valence-corrected chi connectivity index (χ3v) is 2.73. The molecule has 0 aromatic rings. The average molecular weight is 266 g/mol. The Kier molecular flexibility index (Phi) is 4.99. The van der Waals surface area contributed by atoms with Crippen molar-refractivity contribution in [3.8, 4) is 0 Å². The zero-order chi connectivity index (χ0) is 13.9. The van der Waals surface area contributed by atoms with Gasteiger partial charge in [0.05, 0.1) is 6.61 Å². The van der Waals surface area contributed by atoms with E-state index in [2.05, 4.69) is 0 Å². The zero-order valence-electron chi connectivity index (χ0n) is 9.56. The Hall–Kier alpha value is -0.810. The smallest absolute Gasteiger partial charge is 0.223 e. The number of carbonyl (C=O) groups is 1. The van der Waals surface area contributed by atoms with E-state index in [1.54, 1.807) is 0 Å². The number of amides is 1. The average Bonchev–Trinajstić information content (AvgIpc) is 2.32. The van der Waals surface area contributed by atoms with E-state index < -0.39 is 42.8 Å². The summed E-state index contributed by atoms with van der Waals surface area (Å²) in [7, 11) is 0. The Bertz CT molecular complexity index is 303. The number of hydrogen-bond donors (Lipinski definition) is 7. The first kappa shape index (κ1) is 15.2. The van der Waals surface area contributed by atoms with Gasteiger partial charge in [-0.15, -0.1) is 0 Å². The van der Waals surface area contributed by atoms with E-state index in [0.29, 0.717) is 0 Å². The maximum Gasteiger partial charge on any atom is 0.223 e. The van der Waals surface area contributed by atoms with Crippen molar-refractivity contribution in [1.29, 1.82) is 0 Å².